The molecule has 0 aliphatic carbocycles. The van der Waals surface area contributed by atoms with Crippen molar-refractivity contribution in [3.63, 3.8) is 0 Å². The minimum Gasteiger partial charge on any atom is -0.452 e. The second-order valence-electron chi connectivity index (χ2n) is 4.50. The van der Waals surface area contributed by atoms with Gasteiger partial charge in [-0.15, -0.1) is 0 Å². The normalized spacial score (nSPS) is 12.5. The van der Waals surface area contributed by atoms with E-state index in [2.05, 4.69) is 21.7 Å². The molecule has 0 saturated heterocycles. The van der Waals surface area contributed by atoms with Crippen molar-refractivity contribution in [2.24, 2.45) is 0 Å². The molecule has 0 saturated carbocycles. The molecule has 21 heavy (non-hydrogen) atoms. The molecule has 1 rings (SSSR count). The second-order valence-corrected chi connectivity index (χ2v) is 5.91. The van der Waals surface area contributed by atoms with Crippen LogP contribution in [0.5, 0.6) is 0 Å². The summed E-state index contributed by atoms with van der Waals surface area (Å²) >= 11 is 0. The maximum absolute atomic E-state index is 11.6. The highest BCUT2D eigenvalue weighted by Crippen LogP contribution is 2.16. The molecular formula is C13H21N3O4S. The quantitative estimate of drug-likeness (QED) is 0.712. The zero-order valence-electron chi connectivity index (χ0n) is 12.3. The fraction of sp³-hybridized carbons (Fsp3) is 0.462. The van der Waals surface area contributed by atoms with Crippen LogP contribution in [-0.2, 0) is 14.9 Å². The van der Waals surface area contributed by atoms with E-state index in [1.807, 2.05) is 19.1 Å². The van der Waals surface area contributed by atoms with Crippen LogP contribution in [-0.4, -0.2) is 28.2 Å². The Morgan fingerprint density at radius 1 is 1.29 bits per heavy atom. The number of carbonyl (C=O) groups is 1. The molecule has 0 fully saturated rings. The number of amides is 1. The number of hydrogen-bond acceptors (Lipinski definition) is 5. The lowest BCUT2D eigenvalue weighted by Gasteiger charge is -2.14. The maximum atomic E-state index is 11.6. The molecular weight excluding hydrogens is 294 g/mol. The molecule has 0 aliphatic rings. The summed E-state index contributed by atoms with van der Waals surface area (Å²) in [6.07, 6.45) is -0.00182. The summed E-state index contributed by atoms with van der Waals surface area (Å²) in [7, 11) is -2.90. The highest BCUT2D eigenvalue weighted by Gasteiger charge is 2.14. The smallest absolute Gasteiger partial charge is 0.422 e. The third-order valence-electron chi connectivity index (χ3n) is 2.77. The Hall–Kier alpha value is -1.80. The number of carbonyl (C=O) groups excluding carboxylic acids is 1. The van der Waals surface area contributed by atoms with Crippen LogP contribution in [0, 0.1) is 0 Å². The average Bonchev–Trinajstić information content (AvgIpc) is 2.44. The van der Waals surface area contributed by atoms with Gasteiger partial charge in [-0.2, -0.15) is 8.42 Å². The Balaban J connectivity index is 2.68. The largest absolute Gasteiger partial charge is 0.452 e. The van der Waals surface area contributed by atoms with E-state index < -0.39 is 16.3 Å². The van der Waals surface area contributed by atoms with Crippen molar-refractivity contribution in [2.45, 2.75) is 26.3 Å². The molecule has 1 atom stereocenters. The number of hydrogen-bond donors (Lipinski definition) is 3. The highest BCUT2D eigenvalue weighted by atomic mass is 32.2. The lowest BCUT2D eigenvalue weighted by atomic mass is 10.1. The number of rotatable bonds is 7. The van der Waals surface area contributed by atoms with E-state index in [4.69, 9.17) is 0 Å². The molecule has 1 amide bonds. The predicted molar refractivity (Wildman–Crippen MR) is 81.2 cm³/mol. The number of nitrogens with one attached hydrogen (secondary N) is 3. The zero-order valence-corrected chi connectivity index (χ0v) is 13.2. The van der Waals surface area contributed by atoms with Crippen LogP contribution in [0.1, 0.15) is 31.9 Å². The SMILES string of the molecule is CCCNC(C)c1ccc(NS(=O)(=O)NC(=O)OC)cc1. The van der Waals surface area contributed by atoms with Gasteiger partial charge in [0.1, 0.15) is 0 Å². The molecule has 0 heterocycles. The number of benzene rings is 1. The predicted octanol–water partition coefficient (Wildman–Crippen LogP) is 1.76. The van der Waals surface area contributed by atoms with Crippen molar-refractivity contribution in [1.29, 1.82) is 0 Å². The molecule has 1 aromatic rings. The molecule has 0 aliphatic heterocycles. The third kappa shape index (κ3) is 6.01. The summed E-state index contributed by atoms with van der Waals surface area (Å²) in [5, 5.41) is 3.34. The Labute approximate surface area is 125 Å². The molecule has 1 unspecified atom stereocenters. The first-order valence-electron chi connectivity index (χ1n) is 6.59. The van der Waals surface area contributed by atoms with E-state index in [0.29, 0.717) is 5.69 Å². The molecule has 0 radical (unpaired) electrons. The van der Waals surface area contributed by atoms with Crippen molar-refractivity contribution < 1.29 is 17.9 Å². The summed E-state index contributed by atoms with van der Waals surface area (Å²) in [5.74, 6) is 0. The van der Waals surface area contributed by atoms with E-state index in [1.165, 1.54) is 0 Å². The third-order valence-corrected chi connectivity index (χ3v) is 3.71. The van der Waals surface area contributed by atoms with Crippen molar-refractivity contribution in [3.8, 4) is 0 Å². The first-order valence-corrected chi connectivity index (χ1v) is 8.08. The summed E-state index contributed by atoms with van der Waals surface area (Å²) in [4.78, 5) is 10.9. The Morgan fingerprint density at radius 3 is 2.43 bits per heavy atom. The van der Waals surface area contributed by atoms with Crippen LogP contribution in [0.25, 0.3) is 0 Å². The first-order chi connectivity index (χ1) is 9.88. The Bertz CT molecular complexity index is 557. The second kappa shape index (κ2) is 7.84. The van der Waals surface area contributed by atoms with Crippen LogP contribution in [0.15, 0.2) is 24.3 Å². The Morgan fingerprint density at radius 2 is 1.90 bits per heavy atom. The molecule has 8 heteroatoms. The van der Waals surface area contributed by atoms with Crippen LogP contribution < -0.4 is 14.8 Å². The van der Waals surface area contributed by atoms with Gasteiger partial charge in [-0.25, -0.2) is 9.52 Å². The van der Waals surface area contributed by atoms with Gasteiger partial charge in [0.2, 0.25) is 0 Å². The molecule has 3 N–H and O–H groups in total. The van der Waals surface area contributed by atoms with E-state index in [0.717, 1.165) is 25.6 Å². The molecule has 0 bridgehead atoms. The topological polar surface area (TPSA) is 96.5 Å². The van der Waals surface area contributed by atoms with Gasteiger partial charge in [-0.05, 0) is 37.6 Å². The molecule has 1 aromatic carbocycles. The molecule has 0 spiro atoms. The molecule has 7 nitrogen and oxygen atoms in total. The number of ether oxygens (including phenoxy) is 1. The molecule has 0 aromatic heterocycles. The Kier molecular flexibility index (Phi) is 6.44. The van der Waals surface area contributed by atoms with Gasteiger partial charge in [0.25, 0.3) is 0 Å². The average molecular weight is 315 g/mol. The van der Waals surface area contributed by atoms with Gasteiger partial charge in [-0.3, -0.25) is 4.72 Å². The van der Waals surface area contributed by atoms with E-state index in [-0.39, 0.29) is 6.04 Å². The van der Waals surface area contributed by atoms with Crippen LogP contribution in [0.3, 0.4) is 0 Å². The van der Waals surface area contributed by atoms with Gasteiger partial charge in [0, 0.05) is 6.04 Å². The summed E-state index contributed by atoms with van der Waals surface area (Å²) in [6, 6.07) is 7.10. The zero-order chi connectivity index (χ0) is 15.9. The van der Waals surface area contributed by atoms with Crippen molar-refractivity contribution in [2.75, 3.05) is 18.4 Å². The lowest BCUT2D eigenvalue weighted by molar-refractivity contribution is 0.177. The van der Waals surface area contributed by atoms with Gasteiger partial charge < -0.3 is 10.1 Å². The first kappa shape index (κ1) is 17.3. The van der Waals surface area contributed by atoms with Crippen molar-refractivity contribution >= 4 is 22.0 Å². The monoisotopic (exact) mass is 315 g/mol. The standard InChI is InChI=1S/C13H21N3O4S/c1-4-9-14-10(2)11-5-7-12(8-6-11)15-21(18,19)16-13(17)20-3/h5-8,10,14-15H,4,9H2,1-3H3,(H,16,17). The van der Waals surface area contributed by atoms with Gasteiger partial charge in [0.05, 0.1) is 12.8 Å². The van der Waals surface area contributed by atoms with Gasteiger partial charge >= 0.3 is 16.3 Å². The highest BCUT2D eigenvalue weighted by molar-refractivity contribution is 7.91. The summed E-state index contributed by atoms with van der Waals surface area (Å²) in [6.45, 7) is 5.04. The fourth-order valence-electron chi connectivity index (χ4n) is 1.65. The van der Waals surface area contributed by atoms with E-state index in [1.54, 1.807) is 16.9 Å². The number of anilines is 1. The minimum atomic E-state index is -3.98. The van der Waals surface area contributed by atoms with Gasteiger partial charge in [-0.1, -0.05) is 19.1 Å². The van der Waals surface area contributed by atoms with Crippen LogP contribution >= 0.6 is 0 Å². The van der Waals surface area contributed by atoms with Crippen molar-refractivity contribution in [3.05, 3.63) is 29.8 Å². The van der Waals surface area contributed by atoms with Crippen LogP contribution in [0.4, 0.5) is 10.5 Å². The maximum Gasteiger partial charge on any atom is 0.422 e. The summed E-state index contributed by atoms with van der Waals surface area (Å²) in [5.41, 5.74) is 1.41. The van der Waals surface area contributed by atoms with E-state index in [9.17, 15) is 13.2 Å². The fourth-order valence-corrected chi connectivity index (χ4v) is 2.45. The van der Waals surface area contributed by atoms with Crippen molar-refractivity contribution in [1.82, 2.24) is 10.0 Å². The van der Waals surface area contributed by atoms with Gasteiger partial charge in [0.15, 0.2) is 0 Å². The number of methoxy groups -OCH3 is 1. The molecule has 118 valence electrons. The minimum absolute atomic E-state index is 0.184. The van der Waals surface area contributed by atoms with E-state index >= 15 is 0 Å². The lowest BCUT2D eigenvalue weighted by Crippen LogP contribution is -2.35. The summed E-state index contributed by atoms with van der Waals surface area (Å²) < 4.78 is 31.4. The van der Waals surface area contributed by atoms with Crippen LogP contribution in [0.2, 0.25) is 0 Å².